The van der Waals surface area contributed by atoms with Crippen molar-refractivity contribution in [2.75, 3.05) is 32.7 Å². The number of aliphatic carboxylic acids is 1. The number of nitrogens with two attached hydrogens (primary N) is 1. The van der Waals surface area contributed by atoms with E-state index in [2.05, 4.69) is 0 Å². The molecule has 8 nitrogen and oxygen atoms in total. The summed E-state index contributed by atoms with van der Waals surface area (Å²) in [5.74, 6) is -1.41. The van der Waals surface area contributed by atoms with Crippen molar-refractivity contribution in [2.24, 2.45) is 5.73 Å². The average molecular weight is 300 g/mol. The Balaban J connectivity index is 2.61. The second kappa shape index (κ2) is 7.26. The first-order chi connectivity index (χ1) is 9.73. The van der Waals surface area contributed by atoms with Crippen molar-refractivity contribution in [1.29, 1.82) is 0 Å². The van der Waals surface area contributed by atoms with Crippen LogP contribution in [-0.4, -0.2) is 82.5 Å². The molecule has 0 spiro atoms. The van der Waals surface area contributed by atoms with Gasteiger partial charge in [0.2, 0.25) is 5.91 Å². The highest BCUT2D eigenvalue weighted by atomic mass is 16.4. The van der Waals surface area contributed by atoms with Crippen LogP contribution in [0.25, 0.3) is 0 Å². The van der Waals surface area contributed by atoms with E-state index in [-0.39, 0.29) is 18.6 Å². The van der Waals surface area contributed by atoms with Gasteiger partial charge in [-0.05, 0) is 20.8 Å². The minimum Gasteiger partial charge on any atom is -0.480 e. The molecule has 0 saturated carbocycles. The molecule has 1 fully saturated rings. The van der Waals surface area contributed by atoms with E-state index in [0.717, 1.165) is 0 Å². The molecule has 0 aliphatic carbocycles. The molecule has 1 saturated heterocycles. The molecule has 1 aliphatic rings. The van der Waals surface area contributed by atoms with Crippen LogP contribution in [0.2, 0.25) is 0 Å². The van der Waals surface area contributed by atoms with Crippen molar-refractivity contribution in [3.05, 3.63) is 0 Å². The van der Waals surface area contributed by atoms with E-state index in [1.54, 1.807) is 11.8 Å². The van der Waals surface area contributed by atoms with Crippen molar-refractivity contribution in [3.8, 4) is 0 Å². The Morgan fingerprint density at radius 3 is 2.05 bits per heavy atom. The Morgan fingerprint density at radius 2 is 1.67 bits per heavy atom. The molecule has 120 valence electrons. The normalized spacial score (nSPS) is 17.6. The molecule has 1 atom stereocenters. The van der Waals surface area contributed by atoms with Gasteiger partial charge in [-0.15, -0.1) is 0 Å². The highest BCUT2D eigenvalue weighted by Gasteiger charge is 2.30. The van der Waals surface area contributed by atoms with Crippen LogP contribution < -0.4 is 5.73 Å². The molecule has 8 heteroatoms. The first-order valence-corrected chi connectivity index (χ1v) is 7.04. The van der Waals surface area contributed by atoms with Gasteiger partial charge in [0.05, 0.1) is 0 Å². The van der Waals surface area contributed by atoms with E-state index in [1.807, 2.05) is 18.7 Å². The van der Waals surface area contributed by atoms with Gasteiger partial charge in [0.1, 0.15) is 12.6 Å². The number of urea groups is 1. The topological polar surface area (TPSA) is 107 Å². The first kappa shape index (κ1) is 17.2. The largest absolute Gasteiger partial charge is 0.480 e. The number of nitrogens with zero attached hydrogens (tertiary/aromatic N) is 3. The third-order valence-electron chi connectivity index (χ3n) is 3.69. The van der Waals surface area contributed by atoms with Gasteiger partial charge in [0.25, 0.3) is 0 Å². The van der Waals surface area contributed by atoms with Crippen molar-refractivity contribution in [1.82, 2.24) is 14.7 Å². The number of piperazine rings is 1. The van der Waals surface area contributed by atoms with Crippen LogP contribution in [0.15, 0.2) is 0 Å². The van der Waals surface area contributed by atoms with Crippen LogP contribution in [0.1, 0.15) is 20.8 Å². The van der Waals surface area contributed by atoms with Gasteiger partial charge < -0.3 is 20.6 Å². The number of rotatable bonds is 5. The highest BCUT2D eigenvalue weighted by Crippen LogP contribution is 2.11. The van der Waals surface area contributed by atoms with Gasteiger partial charge in [-0.2, -0.15) is 0 Å². The molecule has 1 rings (SSSR count). The fourth-order valence-electron chi connectivity index (χ4n) is 2.28. The summed E-state index contributed by atoms with van der Waals surface area (Å²) in [4.78, 5) is 39.3. The SMILES string of the molecule is CC(C(=O)O)N1CCN(C(=O)N(CC(N)=O)C(C)C)CC1. The van der Waals surface area contributed by atoms with E-state index < -0.39 is 17.9 Å². The fourth-order valence-corrected chi connectivity index (χ4v) is 2.28. The van der Waals surface area contributed by atoms with E-state index in [4.69, 9.17) is 10.8 Å². The van der Waals surface area contributed by atoms with E-state index in [0.29, 0.717) is 26.2 Å². The third-order valence-corrected chi connectivity index (χ3v) is 3.69. The van der Waals surface area contributed by atoms with Gasteiger partial charge in [0.15, 0.2) is 0 Å². The summed E-state index contributed by atoms with van der Waals surface area (Å²) >= 11 is 0. The Morgan fingerprint density at radius 1 is 1.14 bits per heavy atom. The van der Waals surface area contributed by atoms with Crippen LogP contribution >= 0.6 is 0 Å². The predicted octanol–water partition coefficient (Wildman–Crippen LogP) is -0.607. The number of hydrogen-bond acceptors (Lipinski definition) is 4. The number of carbonyl (C=O) groups is 3. The molecule has 0 aromatic heterocycles. The number of primary amides is 1. The van der Waals surface area contributed by atoms with E-state index in [9.17, 15) is 14.4 Å². The second-order valence-electron chi connectivity index (χ2n) is 5.51. The van der Waals surface area contributed by atoms with Crippen molar-refractivity contribution >= 4 is 17.9 Å². The maximum absolute atomic E-state index is 12.4. The van der Waals surface area contributed by atoms with Gasteiger partial charge in [-0.25, -0.2) is 4.79 Å². The van der Waals surface area contributed by atoms with Crippen molar-refractivity contribution in [3.63, 3.8) is 0 Å². The maximum atomic E-state index is 12.4. The maximum Gasteiger partial charge on any atom is 0.320 e. The summed E-state index contributed by atoms with van der Waals surface area (Å²) in [7, 11) is 0. The molecule has 1 unspecified atom stereocenters. The quantitative estimate of drug-likeness (QED) is 0.704. The summed E-state index contributed by atoms with van der Waals surface area (Å²) in [6.45, 7) is 7.06. The number of carboxylic acid groups (broad SMARTS) is 1. The number of hydrogen-bond donors (Lipinski definition) is 2. The standard InChI is InChI=1S/C13H24N4O4/c1-9(2)17(8-11(14)18)13(21)16-6-4-15(5-7-16)10(3)12(19)20/h9-10H,4-8H2,1-3H3,(H2,14,18)(H,19,20). The lowest BCUT2D eigenvalue weighted by molar-refractivity contribution is -0.143. The summed E-state index contributed by atoms with van der Waals surface area (Å²) in [5, 5.41) is 8.99. The lowest BCUT2D eigenvalue weighted by atomic mass is 10.2. The second-order valence-corrected chi connectivity index (χ2v) is 5.51. The van der Waals surface area contributed by atoms with Crippen molar-refractivity contribution < 1.29 is 19.5 Å². The lowest BCUT2D eigenvalue weighted by Crippen LogP contribution is -2.57. The summed E-state index contributed by atoms with van der Waals surface area (Å²) in [6, 6.07) is -0.915. The molecular formula is C13H24N4O4. The Bertz CT molecular complexity index is 405. The Labute approximate surface area is 124 Å². The molecule has 3 amide bonds. The minimum absolute atomic E-state index is 0.109. The number of carbonyl (C=O) groups excluding carboxylic acids is 2. The molecule has 0 radical (unpaired) electrons. The smallest absolute Gasteiger partial charge is 0.320 e. The van der Waals surface area contributed by atoms with Crippen molar-refractivity contribution in [2.45, 2.75) is 32.9 Å². The number of carboxylic acids is 1. The molecule has 3 N–H and O–H groups in total. The van der Waals surface area contributed by atoms with Gasteiger partial charge in [-0.3, -0.25) is 14.5 Å². The average Bonchev–Trinajstić information content (AvgIpc) is 2.42. The highest BCUT2D eigenvalue weighted by molar-refractivity contribution is 5.83. The zero-order chi connectivity index (χ0) is 16.2. The summed E-state index contributed by atoms with van der Waals surface area (Å²) in [6.07, 6.45) is 0. The summed E-state index contributed by atoms with van der Waals surface area (Å²) < 4.78 is 0. The van der Waals surface area contributed by atoms with Gasteiger partial charge in [0, 0.05) is 32.2 Å². The lowest BCUT2D eigenvalue weighted by Gasteiger charge is -2.39. The van der Waals surface area contributed by atoms with Crippen LogP contribution in [-0.2, 0) is 9.59 Å². The third kappa shape index (κ3) is 4.59. The molecule has 0 bridgehead atoms. The van der Waals surface area contributed by atoms with E-state index in [1.165, 1.54) is 4.90 Å². The van der Waals surface area contributed by atoms with E-state index >= 15 is 0 Å². The van der Waals surface area contributed by atoms with Crippen LogP contribution in [0.4, 0.5) is 4.79 Å². The predicted molar refractivity (Wildman–Crippen MR) is 76.7 cm³/mol. The van der Waals surface area contributed by atoms with Crippen LogP contribution in [0, 0.1) is 0 Å². The zero-order valence-corrected chi connectivity index (χ0v) is 12.8. The number of amides is 3. The molecule has 1 heterocycles. The zero-order valence-electron chi connectivity index (χ0n) is 12.8. The monoisotopic (exact) mass is 300 g/mol. The fraction of sp³-hybridized carbons (Fsp3) is 0.769. The first-order valence-electron chi connectivity index (χ1n) is 7.04. The molecule has 1 aliphatic heterocycles. The Hall–Kier alpha value is -1.83. The molecule has 0 aromatic rings. The minimum atomic E-state index is -0.868. The molecule has 0 aromatic carbocycles. The molecule has 21 heavy (non-hydrogen) atoms. The summed E-state index contributed by atoms with van der Waals surface area (Å²) in [5.41, 5.74) is 5.17. The molecular weight excluding hydrogens is 276 g/mol. The van der Waals surface area contributed by atoms with Gasteiger partial charge in [-0.1, -0.05) is 0 Å². The van der Waals surface area contributed by atoms with Crippen LogP contribution in [0.3, 0.4) is 0 Å². The van der Waals surface area contributed by atoms with Crippen LogP contribution in [0.5, 0.6) is 0 Å². The Kier molecular flexibility index (Phi) is 5.95. The van der Waals surface area contributed by atoms with Gasteiger partial charge >= 0.3 is 12.0 Å².